The molecular weight excluding hydrogens is 452 g/mol. The molecule has 10 heteroatoms. The van der Waals surface area contributed by atoms with Crippen molar-refractivity contribution in [2.75, 3.05) is 19.8 Å². The Kier molecular flexibility index (Phi) is 8.86. The van der Waals surface area contributed by atoms with Crippen molar-refractivity contribution in [3.8, 4) is 0 Å². The highest BCUT2D eigenvalue weighted by Gasteiger charge is 2.56. The Hall–Kier alpha value is -1.58. The van der Waals surface area contributed by atoms with E-state index in [1.807, 2.05) is 30.3 Å². The number of hydrogen-bond donors (Lipinski definition) is 0. The van der Waals surface area contributed by atoms with Crippen LogP contribution in [0, 0.1) is 0 Å². The van der Waals surface area contributed by atoms with Crippen molar-refractivity contribution in [2.45, 2.75) is 71.6 Å². The van der Waals surface area contributed by atoms with Gasteiger partial charge in [-0.3, -0.25) is 4.57 Å². The molecule has 0 radical (unpaired) electrons. The normalized spacial score (nSPS) is 26.9. The monoisotopic (exact) mass is 485 g/mol. The number of carbonyl (C=O) groups is 1. The topological polar surface area (TPSA) is 98.8 Å². The molecule has 0 amide bonds. The van der Waals surface area contributed by atoms with Crippen molar-refractivity contribution >= 4 is 13.6 Å². The summed E-state index contributed by atoms with van der Waals surface area (Å²) in [6, 6.07) is 9.66. The second-order valence-corrected chi connectivity index (χ2v) is 9.93. The van der Waals surface area contributed by atoms with Gasteiger partial charge < -0.3 is 32.7 Å². The zero-order chi connectivity index (χ0) is 24.1. The summed E-state index contributed by atoms with van der Waals surface area (Å²) in [6.45, 7) is 9.14. The van der Waals surface area contributed by atoms with Crippen LogP contribution in [0.2, 0.25) is 0 Å². The molecule has 184 valence electrons. The third kappa shape index (κ3) is 6.31. The maximum atomic E-state index is 13.5. The molecule has 0 N–H and O–H groups in total. The van der Waals surface area contributed by atoms with Crippen LogP contribution < -0.4 is 0 Å². The van der Waals surface area contributed by atoms with Gasteiger partial charge in [0.1, 0.15) is 23.6 Å². The van der Waals surface area contributed by atoms with Crippen molar-refractivity contribution in [1.82, 2.24) is 0 Å². The summed E-state index contributed by atoms with van der Waals surface area (Å²) in [5, 5.41) is -0.228. The second kappa shape index (κ2) is 11.2. The minimum atomic E-state index is -3.95. The lowest BCUT2D eigenvalue weighted by Crippen LogP contribution is -2.31. The van der Waals surface area contributed by atoms with E-state index >= 15 is 0 Å². The van der Waals surface area contributed by atoms with E-state index in [0.29, 0.717) is 6.61 Å². The predicted molar refractivity (Wildman–Crippen MR) is 119 cm³/mol. The Labute approximate surface area is 194 Å². The van der Waals surface area contributed by atoms with Gasteiger partial charge in [-0.2, -0.15) is 0 Å². The molecule has 2 fully saturated rings. The zero-order valence-corrected chi connectivity index (χ0v) is 20.6. The highest BCUT2D eigenvalue weighted by atomic mass is 31.2. The van der Waals surface area contributed by atoms with E-state index in [9.17, 15) is 9.36 Å². The van der Waals surface area contributed by atoms with Gasteiger partial charge in [0, 0.05) is 0 Å². The molecule has 0 saturated carbocycles. The summed E-state index contributed by atoms with van der Waals surface area (Å²) in [5.74, 6) is -1.68. The van der Waals surface area contributed by atoms with Gasteiger partial charge in [0.2, 0.25) is 0 Å². The maximum Gasteiger partial charge on any atom is 0.368 e. The van der Waals surface area contributed by atoms with Gasteiger partial charge in [-0.25, -0.2) is 4.79 Å². The Balaban J connectivity index is 1.89. The molecule has 33 heavy (non-hydrogen) atoms. The van der Waals surface area contributed by atoms with Crippen molar-refractivity contribution in [3.63, 3.8) is 0 Å². The lowest BCUT2D eigenvalue weighted by Gasteiger charge is -2.24. The fraction of sp³-hybridized carbons (Fsp3) is 0.609. The maximum absolute atomic E-state index is 13.5. The number of hydrogen-bond acceptors (Lipinski definition) is 9. The van der Waals surface area contributed by atoms with Crippen molar-refractivity contribution in [3.05, 3.63) is 47.3 Å². The van der Waals surface area contributed by atoms with Gasteiger partial charge in [0.05, 0.1) is 26.4 Å². The molecule has 0 aromatic heterocycles. The van der Waals surface area contributed by atoms with Gasteiger partial charge in [0.25, 0.3) is 0 Å². The number of esters is 1. The SMILES string of the molecule is CCO[13C](=O)/C(=C/[C@H]1O[C@H](OCc2ccccc2)[C@H]2OC(C)(C)O[C@H]21)P(=O)(OCC)OCC. The quantitative estimate of drug-likeness (QED) is 0.198. The third-order valence-corrected chi connectivity index (χ3v) is 7.12. The van der Waals surface area contributed by atoms with Gasteiger partial charge >= 0.3 is 13.6 Å². The first-order chi connectivity index (χ1) is 15.7. The van der Waals surface area contributed by atoms with Crippen molar-refractivity contribution in [2.24, 2.45) is 0 Å². The molecule has 0 spiro atoms. The highest BCUT2D eigenvalue weighted by molar-refractivity contribution is 7.59. The van der Waals surface area contributed by atoms with Crippen LogP contribution >= 0.6 is 7.60 Å². The van der Waals surface area contributed by atoms with Crippen LogP contribution in [0.1, 0.15) is 40.2 Å². The zero-order valence-electron chi connectivity index (χ0n) is 19.7. The van der Waals surface area contributed by atoms with Gasteiger partial charge in [-0.15, -0.1) is 0 Å². The second-order valence-electron chi connectivity index (χ2n) is 7.94. The molecule has 1 aromatic rings. The van der Waals surface area contributed by atoms with Crippen molar-refractivity contribution in [1.29, 1.82) is 0 Å². The molecular formula is C23H33O9P. The number of fused-ring (bicyclic) bond motifs is 1. The van der Waals surface area contributed by atoms with E-state index in [1.165, 1.54) is 6.08 Å². The van der Waals surface area contributed by atoms with Crippen LogP contribution in [0.5, 0.6) is 0 Å². The summed E-state index contributed by atoms with van der Waals surface area (Å²) in [7, 11) is -3.95. The third-order valence-electron chi connectivity index (χ3n) is 5.00. The summed E-state index contributed by atoms with van der Waals surface area (Å²) < 4.78 is 53.5. The molecule has 1 aromatic carbocycles. The Morgan fingerprint density at radius 1 is 1.03 bits per heavy atom. The number of ether oxygens (including phenoxy) is 5. The molecule has 2 aliphatic rings. The van der Waals surface area contributed by atoms with Crippen LogP contribution in [-0.2, 0) is 48.7 Å². The van der Waals surface area contributed by atoms with Crippen molar-refractivity contribution < 1.29 is 42.1 Å². The van der Waals surface area contributed by atoms with Crippen LogP contribution in [0.15, 0.2) is 41.7 Å². The standard InChI is InChI=1S/C23H33O9P/c1-6-26-21(24)18(33(25,28-7-2)29-8-3)14-17-19-20(32-23(4,5)31-19)22(30-17)27-15-16-12-10-9-11-13-16/h9-14,17,19-20,22H,6-8,15H2,1-5H3/b18-14-/t17-,19+,20+,22+/m1/s1/i21+1. The Morgan fingerprint density at radius 2 is 1.67 bits per heavy atom. The van der Waals surface area contributed by atoms with E-state index in [4.69, 9.17) is 32.7 Å². The number of carbonyl (C=O) groups excluding carboxylic acids is 1. The molecule has 2 saturated heterocycles. The molecule has 9 nitrogen and oxygen atoms in total. The lowest BCUT2D eigenvalue weighted by atomic mass is 10.1. The highest BCUT2D eigenvalue weighted by Crippen LogP contribution is 2.57. The van der Waals surface area contributed by atoms with E-state index < -0.39 is 44.0 Å². The first kappa shape index (κ1) is 26.0. The van der Waals surface area contributed by atoms with Crippen LogP contribution in [0.3, 0.4) is 0 Å². The minimum Gasteiger partial charge on any atom is -0.462 e. The number of benzene rings is 1. The van der Waals surface area contributed by atoms with E-state index in [-0.39, 0.29) is 25.1 Å². The first-order valence-electron chi connectivity index (χ1n) is 11.2. The first-order valence-corrected chi connectivity index (χ1v) is 12.7. The summed E-state index contributed by atoms with van der Waals surface area (Å²) in [6.07, 6.45) is -1.31. The largest absolute Gasteiger partial charge is 0.462 e. The Morgan fingerprint density at radius 3 is 2.27 bits per heavy atom. The fourth-order valence-electron chi connectivity index (χ4n) is 3.76. The Bertz CT molecular complexity index is 860. The lowest BCUT2D eigenvalue weighted by molar-refractivity contribution is -0.231. The van der Waals surface area contributed by atoms with E-state index in [1.54, 1.807) is 34.6 Å². The smallest absolute Gasteiger partial charge is 0.368 e. The van der Waals surface area contributed by atoms with Gasteiger partial charge in [-0.05, 0) is 46.3 Å². The summed E-state index contributed by atoms with van der Waals surface area (Å²) in [4.78, 5) is 12.8. The molecule has 0 aliphatic carbocycles. The fourth-order valence-corrected chi connectivity index (χ4v) is 5.41. The number of rotatable bonds is 11. The average Bonchev–Trinajstić information content (AvgIpc) is 3.24. The minimum absolute atomic E-state index is 0.0844. The van der Waals surface area contributed by atoms with E-state index in [0.717, 1.165) is 5.56 Å². The summed E-state index contributed by atoms with van der Waals surface area (Å²) in [5.41, 5.74) is 0.972. The molecule has 2 heterocycles. The molecule has 0 unspecified atom stereocenters. The predicted octanol–water partition coefficient (Wildman–Crippen LogP) is 4.16. The van der Waals surface area contributed by atoms with E-state index in [2.05, 4.69) is 0 Å². The van der Waals surface area contributed by atoms with Gasteiger partial charge in [-0.1, -0.05) is 30.3 Å². The summed E-state index contributed by atoms with van der Waals surface area (Å²) >= 11 is 0. The molecule has 0 bridgehead atoms. The van der Waals surface area contributed by atoms with Crippen LogP contribution in [0.25, 0.3) is 0 Å². The molecule has 3 rings (SSSR count). The molecule has 4 atom stereocenters. The molecule has 2 aliphatic heterocycles. The average molecular weight is 485 g/mol. The van der Waals surface area contributed by atoms with Crippen LogP contribution in [-0.4, -0.2) is 56.2 Å². The van der Waals surface area contributed by atoms with Gasteiger partial charge in [0.15, 0.2) is 12.1 Å². The van der Waals surface area contributed by atoms with Crippen LogP contribution in [0.4, 0.5) is 0 Å².